The van der Waals surface area contributed by atoms with Crippen molar-refractivity contribution in [3.8, 4) is 21.9 Å². The Labute approximate surface area is 141 Å². The van der Waals surface area contributed by atoms with Crippen LogP contribution in [0.4, 0.5) is 0 Å². The maximum absolute atomic E-state index is 9.68. The topological polar surface area (TPSA) is 41.9 Å². The molecule has 0 amide bonds. The Morgan fingerprint density at radius 3 is 2.87 bits per heavy atom. The molecule has 1 aliphatic rings. The average molecular weight is 333 g/mol. The second-order valence-electron chi connectivity index (χ2n) is 6.01. The third-order valence-electron chi connectivity index (χ3n) is 3.95. The van der Waals surface area contributed by atoms with Gasteiger partial charge in [-0.1, -0.05) is 0 Å². The summed E-state index contributed by atoms with van der Waals surface area (Å²) in [5.74, 6) is 1.61. The summed E-state index contributed by atoms with van der Waals surface area (Å²) in [6.07, 6.45) is -0.346. The Balaban J connectivity index is 1.99. The zero-order valence-corrected chi connectivity index (χ0v) is 14.7. The van der Waals surface area contributed by atoms with E-state index in [-0.39, 0.29) is 6.10 Å². The summed E-state index contributed by atoms with van der Waals surface area (Å²) in [5, 5.41) is 9.68. The predicted octanol–water partition coefficient (Wildman–Crippen LogP) is 3.31. The Morgan fingerprint density at radius 2 is 2.22 bits per heavy atom. The highest BCUT2D eigenvalue weighted by atomic mass is 32.1. The molecule has 2 aromatic rings. The van der Waals surface area contributed by atoms with Gasteiger partial charge in [0.1, 0.15) is 6.61 Å². The normalized spacial score (nSPS) is 16.3. The van der Waals surface area contributed by atoms with E-state index in [1.54, 1.807) is 18.4 Å². The van der Waals surface area contributed by atoms with Gasteiger partial charge in [0.15, 0.2) is 11.5 Å². The fourth-order valence-electron chi connectivity index (χ4n) is 2.95. The van der Waals surface area contributed by atoms with Crippen molar-refractivity contribution >= 4 is 11.3 Å². The maximum atomic E-state index is 9.68. The number of ether oxygens (including phenoxy) is 2. The highest BCUT2D eigenvalue weighted by Crippen LogP contribution is 2.39. The molecule has 0 fully saturated rings. The number of β-amino-alcohol motifs (C(OH)–C–C–N with tert-alkyl or cyclic N) is 1. The Kier molecular flexibility index (Phi) is 4.90. The molecule has 1 unspecified atom stereocenters. The third-order valence-corrected chi connectivity index (χ3v) is 5.00. The number of thiophene rings is 1. The Bertz CT molecular complexity index is 681. The molecule has 0 aliphatic carbocycles. The molecule has 0 saturated carbocycles. The summed E-state index contributed by atoms with van der Waals surface area (Å²) in [6.45, 7) is 6.74. The molecule has 0 bridgehead atoms. The molecule has 4 nitrogen and oxygen atoms in total. The van der Waals surface area contributed by atoms with Gasteiger partial charge >= 0.3 is 0 Å². The van der Waals surface area contributed by atoms with Crippen LogP contribution in [0.2, 0.25) is 0 Å². The van der Waals surface area contributed by atoms with Crippen LogP contribution >= 0.6 is 11.3 Å². The van der Waals surface area contributed by atoms with Crippen molar-refractivity contribution in [3.63, 3.8) is 0 Å². The van der Waals surface area contributed by atoms with Gasteiger partial charge in [-0.25, -0.2) is 0 Å². The van der Waals surface area contributed by atoms with Gasteiger partial charge in [0.2, 0.25) is 0 Å². The van der Waals surface area contributed by atoms with Crippen LogP contribution in [0.5, 0.6) is 11.5 Å². The number of nitrogens with zero attached hydrogens (tertiary/aromatic N) is 1. The van der Waals surface area contributed by atoms with E-state index >= 15 is 0 Å². The number of hydrogen-bond donors (Lipinski definition) is 1. The fourth-order valence-corrected chi connectivity index (χ4v) is 3.81. The first kappa shape index (κ1) is 16.3. The molecule has 0 spiro atoms. The van der Waals surface area contributed by atoms with E-state index in [9.17, 15) is 5.11 Å². The van der Waals surface area contributed by atoms with E-state index in [2.05, 4.69) is 36.1 Å². The monoisotopic (exact) mass is 333 g/mol. The first-order chi connectivity index (χ1) is 11.1. The molecule has 5 heteroatoms. The van der Waals surface area contributed by atoms with E-state index < -0.39 is 0 Å². The summed E-state index contributed by atoms with van der Waals surface area (Å²) in [7, 11) is 1.68. The van der Waals surface area contributed by atoms with Crippen LogP contribution in [-0.2, 0) is 6.54 Å². The van der Waals surface area contributed by atoms with Crippen molar-refractivity contribution in [2.75, 3.05) is 26.8 Å². The Hall–Kier alpha value is -1.56. The van der Waals surface area contributed by atoms with E-state index in [0.29, 0.717) is 13.2 Å². The molecule has 23 heavy (non-hydrogen) atoms. The molecular weight excluding hydrogens is 310 g/mol. The van der Waals surface area contributed by atoms with Gasteiger partial charge in [-0.3, -0.25) is 4.90 Å². The third kappa shape index (κ3) is 3.68. The molecular formula is C18H23NO3S. The molecule has 1 aliphatic heterocycles. The Morgan fingerprint density at radius 1 is 1.39 bits per heavy atom. The zero-order valence-electron chi connectivity index (χ0n) is 13.8. The number of rotatable bonds is 4. The fraction of sp³-hybridized carbons (Fsp3) is 0.444. The maximum Gasteiger partial charge on any atom is 0.165 e. The van der Waals surface area contributed by atoms with Crippen molar-refractivity contribution in [1.29, 1.82) is 0 Å². The zero-order chi connectivity index (χ0) is 16.4. The van der Waals surface area contributed by atoms with Crippen LogP contribution < -0.4 is 9.47 Å². The van der Waals surface area contributed by atoms with Crippen LogP contribution in [0.1, 0.15) is 17.4 Å². The molecule has 2 heterocycles. The minimum atomic E-state index is -0.346. The lowest BCUT2D eigenvalue weighted by Gasteiger charge is -2.21. The van der Waals surface area contributed by atoms with Crippen molar-refractivity contribution < 1.29 is 14.6 Å². The van der Waals surface area contributed by atoms with Crippen LogP contribution in [0, 0.1) is 6.92 Å². The molecule has 1 atom stereocenters. The molecule has 0 radical (unpaired) electrons. The van der Waals surface area contributed by atoms with E-state index in [1.807, 2.05) is 6.92 Å². The molecule has 1 aromatic carbocycles. The lowest BCUT2D eigenvalue weighted by atomic mass is 10.1. The molecule has 0 saturated heterocycles. The average Bonchev–Trinajstić information content (AvgIpc) is 2.83. The highest BCUT2D eigenvalue weighted by molar-refractivity contribution is 7.15. The van der Waals surface area contributed by atoms with Gasteiger partial charge in [0.05, 0.1) is 13.2 Å². The SMILES string of the molecule is COc1cc(-c2ccc(C)s2)cc2c1OCCN(CC(C)O)C2. The smallest absolute Gasteiger partial charge is 0.165 e. The molecule has 3 rings (SSSR count). The second kappa shape index (κ2) is 6.91. The van der Waals surface area contributed by atoms with E-state index in [4.69, 9.17) is 9.47 Å². The van der Waals surface area contributed by atoms with Crippen molar-refractivity contribution in [1.82, 2.24) is 4.90 Å². The standard InChI is InChI=1S/C18H23NO3S/c1-12(20)10-19-6-7-22-18-15(11-19)8-14(9-16(18)21-3)17-5-4-13(2)23-17/h4-5,8-9,12,20H,6-7,10-11H2,1-3H3. The van der Waals surface area contributed by atoms with Crippen molar-refractivity contribution in [2.45, 2.75) is 26.5 Å². The molecule has 1 aromatic heterocycles. The van der Waals surface area contributed by atoms with E-state index in [0.717, 1.165) is 35.7 Å². The van der Waals surface area contributed by atoms with Gasteiger partial charge in [0, 0.05) is 35.0 Å². The van der Waals surface area contributed by atoms with Crippen LogP contribution in [-0.4, -0.2) is 42.9 Å². The van der Waals surface area contributed by atoms with Crippen molar-refractivity contribution in [2.24, 2.45) is 0 Å². The lowest BCUT2D eigenvalue weighted by Crippen LogP contribution is -2.32. The quantitative estimate of drug-likeness (QED) is 0.932. The van der Waals surface area contributed by atoms with Gasteiger partial charge in [-0.2, -0.15) is 0 Å². The van der Waals surface area contributed by atoms with Crippen LogP contribution in [0.15, 0.2) is 24.3 Å². The van der Waals surface area contributed by atoms with E-state index in [1.165, 1.54) is 9.75 Å². The van der Waals surface area contributed by atoms with Gasteiger partial charge in [-0.15, -0.1) is 11.3 Å². The number of aliphatic hydroxyl groups excluding tert-OH is 1. The highest BCUT2D eigenvalue weighted by Gasteiger charge is 2.21. The lowest BCUT2D eigenvalue weighted by molar-refractivity contribution is 0.117. The number of fused-ring (bicyclic) bond motifs is 1. The van der Waals surface area contributed by atoms with Crippen LogP contribution in [0.25, 0.3) is 10.4 Å². The van der Waals surface area contributed by atoms with Crippen molar-refractivity contribution in [3.05, 3.63) is 34.7 Å². The number of aliphatic hydroxyl groups is 1. The second-order valence-corrected chi connectivity index (χ2v) is 7.30. The minimum absolute atomic E-state index is 0.346. The molecule has 124 valence electrons. The summed E-state index contributed by atoms with van der Waals surface area (Å²) in [4.78, 5) is 4.75. The number of aryl methyl sites for hydroxylation is 1. The predicted molar refractivity (Wildman–Crippen MR) is 93.5 cm³/mol. The first-order valence-corrected chi connectivity index (χ1v) is 8.69. The number of hydrogen-bond acceptors (Lipinski definition) is 5. The van der Waals surface area contributed by atoms with Gasteiger partial charge in [-0.05, 0) is 43.7 Å². The summed E-state index contributed by atoms with van der Waals surface area (Å²) < 4.78 is 11.5. The first-order valence-electron chi connectivity index (χ1n) is 7.87. The van der Waals surface area contributed by atoms with Crippen LogP contribution in [0.3, 0.4) is 0 Å². The summed E-state index contributed by atoms with van der Waals surface area (Å²) in [5.41, 5.74) is 2.27. The largest absolute Gasteiger partial charge is 0.493 e. The number of methoxy groups -OCH3 is 1. The summed E-state index contributed by atoms with van der Waals surface area (Å²) >= 11 is 1.78. The minimum Gasteiger partial charge on any atom is -0.493 e. The van der Waals surface area contributed by atoms with Gasteiger partial charge < -0.3 is 14.6 Å². The molecule has 1 N–H and O–H groups in total. The summed E-state index contributed by atoms with van der Waals surface area (Å²) in [6, 6.07) is 8.51. The van der Waals surface area contributed by atoms with Gasteiger partial charge in [0.25, 0.3) is 0 Å². The number of benzene rings is 1.